The van der Waals surface area contributed by atoms with E-state index in [0.717, 1.165) is 38.5 Å². The molecule has 5 heteroatoms. The average molecular weight is 384 g/mol. The first kappa shape index (κ1) is 24.1. The Hall–Kier alpha value is -0.910. The number of allylic oxidation sites excluding steroid dienone is 1. The third kappa shape index (κ3) is 10.3. The maximum atomic E-state index is 11.5. The molecule has 0 aromatic heterocycles. The second kappa shape index (κ2) is 15.1. The fraction of sp³-hybridized carbons (Fsp3) is 0.864. The van der Waals surface area contributed by atoms with E-state index >= 15 is 0 Å². The first-order valence-electron chi connectivity index (χ1n) is 11.0. The predicted octanol–water partition coefficient (Wildman–Crippen LogP) is 3.32. The van der Waals surface area contributed by atoms with E-state index in [9.17, 15) is 15.0 Å². The van der Waals surface area contributed by atoms with Crippen LogP contribution < -0.4 is 5.32 Å². The second-order valence-corrected chi connectivity index (χ2v) is 7.92. The Morgan fingerprint density at radius 1 is 1.04 bits per heavy atom. The van der Waals surface area contributed by atoms with E-state index in [4.69, 9.17) is 5.11 Å². The molecule has 1 aliphatic carbocycles. The number of amides is 1. The zero-order chi connectivity index (χ0) is 19.9. The molecule has 0 aliphatic heterocycles. The summed E-state index contributed by atoms with van der Waals surface area (Å²) in [5.74, 6) is 0.234. The van der Waals surface area contributed by atoms with Crippen LogP contribution in [-0.4, -0.2) is 46.6 Å². The van der Waals surface area contributed by atoms with E-state index in [1.807, 2.05) is 0 Å². The minimum atomic E-state index is -0.424. The summed E-state index contributed by atoms with van der Waals surface area (Å²) in [6, 6.07) is 0. The molecule has 4 N–H and O–H groups in total. The average Bonchev–Trinajstić information content (AvgIpc) is 2.92. The molecule has 0 spiro atoms. The molecular weight excluding hydrogens is 342 g/mol. The van der Waals surface area contributed by atoms with Crippen molar-refractivity contribution in [2.45, 2.75) is 96.2 Å². The highest BCUT2D eigenvalue weighted by molar-refractivity contribution is 5.75. The lowest BCUT2D eigenvalue weighted by Crippen LogP contribution is -2.25. The third-order valence-electron chi connectivity index (χ3n) is 5.62. The minimum Gasteiger partial charge on any atom is -0.395 e. The Morgan fingerprint density at radius 2 is 1.78 bits per heavy atom. The minimum absolute atomic E-state index is 0.00234. The van der Waals surface area contributed by atoms with Crippen LogP contribution in [-0.2, 0) is 4.79 Å². The summed E-state index contributed by atoms with van der Waals surface area (Å²) in [6.07, 6.45) is 15.4. The van der Waals surface area contributed by atoms with Crippen LogP contribution in [0.4, 0.5) is 0 Å². The molecule has 1 fully saturated rings. The topological polar surface area (TPSA) is 89.8 Å². The molecular formula is C22H41NO4. The molecule has 0 aromatic carbocycles. The van der Waals surface area contributed by atoms with Crippen LogP contribution in [0.25, 0.3) is 0 Å². The number of nitrogens with one attached hydrogen (secondary N) is 1. The normalized spacial score (nSPS) is 25.3. The molecule has 1 aliphatic rings. The molecule has 1 rings (SSSR count). The Morgan fingerprint density at radius 3 is 2.52 bits per heavy atom. The maximum absolute atomic E-state index is 11.5. The number of aliphatic hydroxyl groups excluding tert-OH is 3. The lowest BCUT2D eigenvalue weighted by molar-refractivity contribution is -0.121. The Bertz CT molecular complexity index is 413. The van der Waals surface area contributed by atoms with Crippen LogP contribution in [0.15, 0.2) is 12.2 Å². The Labute approximate surface area is 165 Å². The standard InChI is InChI=1S/C22H41NO4/c1-2-3-4-5-6-9-12-18-19(21(26)17-20(18)25)13-10-7-8-11-14-22(27)23-15-16-24/h9,12,18-21,24-26H,2-8,10-11,13-17H2,1H3,(H,23,27). The number of aliphatic hydroxyl groups is 3. The first-order chi connectivity index (χ1) is 13.1. The third-order valence-corrected chi connectivity index (χ3v) is 5.62. The highest BCUT2D eigenvalue weighted by atomic mass is 16.3. The second-order valence-electron chi connectivity index (χ2n) is 7.92. The molecule has 158 valence electrons. The summed E-state index contributed by atoms with van der Waals surface area (Å²) in [5.41, 5.74) is 0. The van der Waals surface area contributed by atoms with Gasteiger partial charge in [-0.25, -0.2) is 0 Å². The molecule has 4 unspecified atom stereocenters. The van der Waals surface area contributed by atoms with Crippen molar-refractivity contribution in [2.75, 3.05) is 13.2 Å². The molecule has 0 heterocycles. The Kier molecular flexibility index (Phi) is 13.5. The first-order valence-corrected chi connectivity index (χ1v) is 11.0. The lowest BCUT2D eigenvalue weighted by atomic mass is 9.88. The van der Waals surface area contributed by atoms with E-state index < -0.39 is 12.2 Å². The van der Waals surface area contributed by atoms with Gasteiger partial charge in [0.15, 0.2) is 0 Å². The fourth-order valence-corrected chi connectivity index (χ4v) is 4.02. The van der Waals surface area contributed by atoms with Gasteiger partial charge in [0, 0.05) is 25.3 Å². The van der Waals surface area contributed by atoms with Crippen LogP contribution in [0.5, 0.6) is 0 Å². The van der Waals surface area contributed by atoms with Gasteiger partial charge in [-0.15, -0.1) is 0 Å². The fourth-order valence-electron chi connectivity index (χ4n) is 4.02. The smallest absolute Gasteiger partial charge is 0.220 e. The predicted molar refractivity (Wildman–Crippen MR) is 109 cm³/mol. The molecule has 0 radical (unpaired) electrons. The summed E-state index contributed by atoms with van der Waals surface area (Å²) in [7, 11) is 0. The zero-order valence-electron chi connectivity index (χ0n) is 17.1. The van der Waals surface area contributed by atoms with Crippen molar-refractivity contribution in [3.63, 3.8) is 0 Å². The van der Waals surface area contributed by atoms with E-state index in [1.54, 1.807) is 0 Å². The number of unbranched alkanes of at least 4 members (excludes halogenated alkanes) is 7. The molecule has 1 amide bonds. The lowest BCUT2D eigenvalue weighted by Gasteiger charge is -2.20. The summed E-state index contributed by atoms with van der Waals surface area (Å²) in [6.45, 7) is 2.52. The van der Waals surface area contributed by atoms with Gasteiger partial charge in [0.25, 0.3) is 0 Å². The highest BCUT2D eigenvalue weighted by Gasteiger charge is 2.39. The van der Waals surface area contributed by atoms with Gasteiger partial charge in [0.05, 0.1) is 18.8 Å². The van der Waals surface area contributed by atoms with Crippen LogP contribution >= 0.6 is 0 Å². The van der Waals surface area contributed by atoms with Crippen molar-refractivity contribution in [3.05, 3.63) is 12.2 Å². The van der Waals surface area contributed by atoms with Crippen molar-refractivity contribution >= 4 is 5.91 Å². The van der Waals surface area contributed by atoms with E-state index in [0.29, 0.717) is 19.4 Å². The highest BCUT2D eigenvalue weighted by Crippen LogP contribution is 2.37. The molecule has 0 saturated heterocycles. The van der Waals surface area contributed by atoms with Gasteiger partial charge in [-0.3, -0.25) is 4.79 Å². The number of hydrogen-bond donors (Lipinski definition) is 4. The van der Waals surface area contributed by atoms with Gasteiger partial charge in [-0.1, -0.05) is 57.6 Å². The quantitative estimate of drug-likeness (QED) is 0.258. The molecule has 27 heavy (non-hydrogen) atoms. The summed E-state index contributed by atoms with van der Waals surface area (Å²) in [5, 5.41) is 31.9. The van der Waals surface area contributed by atoms with Crippen molar-refractivity contribution in [1.82, 2.24) is 5.32 Å². The van der Waals surface area contributed by atoms with Crippen LogP contribution in [0.3, 0.4) is 0 Å². The zero-order valence-corrected chi connectivity index (χ0v) is 17.1. The van der Waals surface area contributed by atoms with E-state index in [2.05, 4.69) is 24.4 Å². The number of carbonyl (C=O) groups excluding carboxylic acids is 1. The summed E-state index contributed by atoms with van der Waals surface area (Å²) < 4.78 is 0. The number of hydrogen-bond acceptors (Lipinski definition) is 4. The molecule has 1 saturated carbocycles. The summed E-state index contributed by atoms with van der Waals surface area (Å²) in [4.78, 5) is 11.5. The van der Waals surface area contributed by atoms with Gasteiger partial charge < -0.3 is 20.6 Å². The SMILES string of the molecule is CCCCCCC=CC1C(O)CC(O)C1CCCCCCC(=O)NCCO. The Balaban J connectivity index is 2.22. The van der Waals surface area contributed by atoms with E-state index in [1.165, 1.54) is 25.7 Å². The van der Waals surface area contributed by atoms with Crippen LogP contribution in [0, 0.1) is 11.8 Å². The van der Waals surface area contributed by atoms with Crippen molar-refractivity contribution in [1.29, 1.82) is 0 Å². The number of rotatable bonds is 15. The maximum Gasteiger partial charge on any atom is 0.220 e. The van der Waals surface area contributed by atoms with Crippen molar-refractivity contribution in [2.24, 2.45) is 11.8 Å². The van der Waals surface area contributed by atoms with Gasteiger partial charge in [0.2, 0.25) is 5.91 Å². The van der Waals surface area contributed by atoms with Gasteiger partial charge in [0.1, 0.15) is 0 Å². The monoisotopic (exact) mass is 383 g/mol. The van der Waals surface area contributed by atoms with Crippen molar-refractivity contribution in [3.8, 4) is 0 Å². The van der Waals surface area contributed by atoms with Gasteiger partial charge in [-0.2, -0.15) is 0 Å². The molecule has 0 aromatic rings. The molecule has 0 bridgehead atoms. The largest absolute Gasteiger partial charge is 0.395 e. The van der Waals surface area contributed by atoms with Crippen LogP contribution in [0.1, 0.15) is 84.0 Å². The van der Waals surface area contributed by atoms with Crippen molar-refractivity contribution < 1.29 is 20.1 Å². The van der Waals surface area contributed by atoms with Gasteiger partial charge >= 0.3 is 0 Å². The van der Waals surface area contributed by atoms with Crippen LogP contribution in [0.2, 0.25) is 0 Å². The number of carbonyl (C=O) groups is 1. The molecule has 4 atom stereocenters. The van der Waals surface area contributed by atoms with Gasteiger partial charge in [-0.05, 0) is 31.6 Å². The molecule has 5 nitrogen and oxygen atoms in total. The summed E-state index contributed by atoms with van der Waals surface area (Å²) >= 11 is 0. The van der Waals surface area contributed by atoms with E-state index in [-0.39, 0.29) is 24.3 Å².